The lowest BCUT2D eigenvalue weighted by atomic mass is 9.94. The van der Waals surface area contributed by atoms with Crippen LogP contribution in [-0.4, -0.2) is 18.5 Å². The number of fused-ring (bicyclic) bond motifs is 1. The van der Waals surface area contributed by atoms with Crippen molar-refractivity contribution in [3.8, 4) is 6.07 Å². The Morgan fingerprint density at radius 2 is 2.29 bits per heavy atom. The van der Waals surface area contributed by atoms with Crippen molar-refractivity contribution >= 4 is 24.4 Å². The molecule has 2 rings (SSSR count). The quantitative estimate of drug-likeness (QED) is 0.673. The first-order valence-electron chi connectivity index (χ1n) is 4.03. The first kappa shape index (κ1) is 8.58. The van der Waals surface area contributed by atoms with E-state index < -0.39 is 5.68 Å². The molecule has 64 valence electrons. The summed E-state index contributed by atoms with van der Waals surface area (Å²) < 4.78 is 0. The third-order valence-electron chi connectivity index (χ3n) is 2.08. The van der Waals surface area contributed by atoms with Crippen molar-refractivity contribution in [2.75, 3.05) is 0 Å². The average molecular weight is 180 g/mol. The molecule has 1 N–H and O–H groups in total. The van der Waals surface area contributed by atoms with Crippen LogP contribution < -0.4 is 0 Å². The van der Waals surface area contributed by atoms with Gasteiger partial charge in [0.25, 0.3) is 0 Å². The first-order valence-corrected chi connectivity index (χ1v) is 4.03. The molecule has 0 amide bonds. The van der Waals surface area contributed by atoms with Gasteiger partial charge in [-0.3, -0.25) is 0 Å². The molecule has 2 radical (unpaired) electrons. The van der Waals surface area contributed by atoms with Gasteiger partial charge in [-0.1, -0.05) is 0 Å². The summed E-state index contributed by atoms with van der Waals surface area (Å²) in [6.45, 7) is 0. The zero-order valence-electron chi connectivity index (χ0n) is 7.24. The molecule has 0 saturated heterocycles. The smallest absolute Gasteiger partial charge is 0.175 e. The number of hydrogen-bond donors (Lipinski definition) is 1. The van der Waals surface area contributed by atoms with Gasteiger partial charge in [-0.15, -0.1) is 0 Å². The van der Waals surface area contributed by atoms with E-state index in [0.29, 0.717) is 16.5 Å². The third-order valence-corrected chi connectivity index (χ3v) is 2.08. The van der Waals surface area contributed by atoms with Crippen LogP contribution in [0.4, 0.5) is 0 Å². The molecule has 1 heterocycles. The number of rotatable bonds is 1. The summed E-state index contributed by atoms with van der Waals surface area (Å²) in [4.78, 5) is 13.9. The van der Waals surface area contributed by atoms with Crippen LogP contribution in [-0.2, 0) is 0 Å². The van der Waals surface area contributed by atoms with Crippen LogP contribution in [0.25, 0.3) is 10.9 Å². The Bertz CT molecular complexity index is 551. The number of carbonyl (C=O) groups is 1. The van der Waals surface area contributed by atoms with E-state index in [2.05, 4.69) is 4.98 Å². The van der Waals surface area contributed by atoms with E-state index in [1.54, 1.807) is 24.4 Å². The van der Waals surface area contributed by atoms with Gasteiger partial charge in [0.2, 0.25) is 0 Å². The molecule has 0 aliphatic carbocycles. The summed E-state index contributed by atoms with van der Waals surface area (Å²) in [7, 11) is 5.17. The van der Waals surface area contributed by atoms with Crippen molar-refractivity contribution in [3.63, 3.8) is 0 Å². The van der Waals surface area contributed by atoms with Crippen molar-refractivity contribution in [2.24, 2.45) is 0 Å². The fourth-order valence-corrected chi connectivity index (χ4v) is 1.39. The molecule has 4 heteroatoms. The van der Waals surface area contributed by atoms with Crippen LogP contribution >= 0.6 is 0 Å². The molecule has 1 aromatic heterocycles. The molecule has 3 nitrogen and oxygen atoms in total. The molecule has 0 spiro atoms. The van der Waals surface area contributed by atoms with Gasteiger partial charge in [0.15, 0.2) is 7.85 Å². The summed E-state index contributed by atoms with van der Waals surface area (Å²) in [6, 6.07) is 7.09. The Morgan fingerprint density at radius 1 is 1.50 bits per heavy atom. The molecule has 2 aromatic rings. The standard InChI is InChI=1S/C10H5BN2O/c11-10(14)8-5-13-9-2-1-6(4-12)3-7(8)9/h1-3,5,13H. The van der Waals surface area contributed by atoms with Crippen molar-refractivity contribution in [2.45, 2.75) is 0 Å². The number of carbonyl (C=O) groups excluding carboxylic acids is 1. The van der Waals surface area contributed by atoms with Gasteiger partial charge >= 0.3 is 0 Å². The lowest BCUT2D eigenvalue weighted by molar-refractivity contribution is 0.108. The van der Waals surface area contributed by atoms with Gasteiger partial charge in [-0.2, -0.15) is 5.26 Å². The van der Waals surface area contributed by atoms with Crippen LogP contribution in [0.2, 0.25) is 0 Å². The van der Waals surface area contributed by atoms with Gasteiger partial charge in [0.1, 0.15) is 5.68 Å². The maximum atomic E-state index is 11.0. The van der Waals surface area contributed by atoms with Gasteiger partial charge < -0.3 is 9.78 Å². The highest BCUT2D eigenvalue weighted by Crippen LogP contribution is 2.19. The number of nitrogens with one attached hydrogen (secondary N) is 1. The van der Waals surface area contributed by atoms with Crippen molar-refractivity contribution < 1.29 is 4.79 Å². The predicted octanol–water partition coefficient (Wildman–Crippen LogP) is 1.35. The molecule has 0 atom stereocenters. The third kappa shape index (κ3) is 1.19. The summed E-state index contributed by atoms with van der Waals surface area (Å²) >= 11 is 0. The molecular formula is C10H5BN2O. The molecule has 0 fully saturated rings. The molecule has 0 unspecified atom stereocenters. The second-order valence-corrected chi connectivity index (χ2v) is 2.94. The number of aromatic nitrogens is 1. The van der Waals surface area contributed by atoms with Crippen LogP contribution in [0, 0.1) is 11.3 Å². The molecule has 0 aliphatic heterocycles. The second-order valence-electron chi connectivity index (χ2n) is 2.94. The summed E-state index contributed by atoms with van der Waals surface area (Å²) in [6.07, 6.45) is 1.55. The Morgan fingerprint density at radius 3 is 2.93 bits per heavy atom. The second kappa shape index (κ2) is 3.04. The summed E-state index contributed by atoms with van der Waals surface area (Å²) in [5.41, 5.74) is 1.24. The maximum Gasteiger partial charge on any atom is 0.175 e. The van der Waals surface area contributed by atoms with Crippen LogP contribution in [0.3, 0.4) is 0 Å². The fraction of sp³-hybridized carbons (Fsp3) is 0. The first-order chi connectivity index (χ1) is 6.72. The van der Waals surface area contributed by atoms with Crippen LogP contribution in [0.15, 0.2) is 24.4 Å². The number of benzene rings is 1. The number of H-pyrrole nitrogens is 1. The topological polar surface area (TPSA) is 56.6 Å². The molecule has 0 aliphatic rings. The molecule has 1 aromatic carbocycles. The number of aromatic amines is 1. The number of nitriles is 1. The molecule has 0 saturated carbocycles. The fourth-order valence-electron chi connectivity index (χ4n) is 1.39. The van der Waals surface area contributed by atoms with Gasteiger partial charge in [0, 0.05) is 22.7 Å². The minimum Gasteiger partial charge on any atom is -0.360 e. The van der Waals surface area contributed by atoms with E-state index >= 15 is 0 Å². The largest absolute Gasteiger partial charge is 0.360 e. The zero-order valence-corrected chi connectivity index (χ0v) is 7.24. The van der Waals surface area contributed by atoms with Crippen molar-refractivity contribution in [3.05, 3.63) is 35.5 Å². The Hall–Kier alpha value is -2.02. The van der Waals surface area contributed by atoms with Crippen LogP contribution in [0.5, 0.6) is 0 Å². The van der Waals surface area contributed by atoms with E-state index in [1.165, 1.54) is 0 Å². The summed E-state index contributed by atoms with van der Waals surface area (Å²) in [5.74, 6) is 0. The van der Waals surface area contributed by atoms with E-state index in [1.807, 2.05) is 6.07 Å². The molecule has 0 bridgehead atoms. The highest BCUT2D eigenvalue weighted by atomic mass is 16.1. The van der Waals surface area contributed by atoms with E-state index in [0.717, 1.165) is 5.52 Å². The van der Waals surface area contributed by atoms with E-state index in [4.69, 9.17) is 13.1 Å². The normalized spacial score (nSPS) is 9.93. The van der Waals surface area contributed by atoms with Gasteiger partial charge in [-0.05, 0) is 18.2 Å². The SMILES string of the molecule is [B]C(=O)c1c[nH]c2ccc(C#N)cc12. The Balaban J connectivity index is 2.77. The maximum absolute atomic E-state index is 11.0. The highest BCUT2D eigenvalue weighted by Gasteiger charge is 2.07. The molecule has 14 heavy (non-hydrogen) atoms. The Labute approximate surface area is 81.8 Å². The minimum absolute atomic E-state index is 0.414. The van der Waals surface area contributed by atoms with Crippen molar-refractivity contribution in [1.29, 1.82) is 5.26 Å². The van der Waals surface area contributed by atoms with Crippen molar-refractivity contribution in [1.82, 2.24) is 4.98 Å². The average Bonchev–Trinajstić information content (AvgIpc) is 2.59. The zero-order chi connectivity index (χ0) is 10.1. The number of nitrogens with zero attached hydrogens (tertiary/aromatic N) is 1. The lowest BCUT2D eigenvalue weighted by Gasteiger charge is -1.93. The number of hydrogen-bond acceptors (Lipinski definition) is 2. The summed E-state index contributed by atoms with van der Waals surface area (Å²) in [5, 5.41) is 9.38. The van der Waals surface area contributed by atoms with Gasteiger partial charge in [-0.25, -0.2) is 0 Å². The Kier molecular flexibility index (Phi) is 1.86. The predicted molar refractivity (Wildman–Crippen MR) is 53.1 cm³/mol. The molecular weight excluding hydrogens is 175 g/mol. The monoisotopic (exact) mass is 180 g/mol. The van der Waals surface area contributed by atoms with E-state index in [9.17, 15) is 4.79 Å². The van der Waals surface area contributed by atoms with Crippen LogP contribution in [0.1, 0.15) is 15.9 Å². The minimum atomic E-state index is -0.494. The van der Waals surface area contributed by atoms with E-state index in [-0.39, 0.29) is 0 Å². The highest BCUT2D eigenvalue weighted by molar-refractivity contribution is 6.63. The van der Waals surface area contributed by atoms with Gasteiger partial charge in [0.05, 0.1) is 11.6 Å². The lowest BCUT2D eigenvalue weighted by Crippen LogP contribution is -1.94.